The number of para-hydroxylation sites is 4. The van der Waals surface area contributed by atoms with Crippen molar-refractivity contribution < 1.29 is 0 Å². The lowest BCUT2D eigenvalue weighted by molar-refractivity contribution is 0.748. The van der Waals surface area contributed by atoms with Crippen molar-refractivity contribution >= 4 is 60.7 Å². The van der Waals surface area contributed by atoms with Gasteiger partial charge >= 0.3 is 0 Å². The summed E-state index contributed by atoms with van der Waals surface area (Å²) in [5.74, 6) is 0. The fourth-order valence-electron chi connectivity index (χ4n) is 14.8. The summed E-state index contributed by atoms with van der Waals surface area (Å²) in [6, 6.07) is 105. The van der Waals surface area contributed by atoms with Gasteiger partial charge in [-0.1, -0.05) is 231 Å². The average Bonchev–Trinajstić information content (AvgIpc) is 4.17. The zero-order valence-electron chi connectivity index (χ0n) is 42.0. The first-order chi connectivity index (χ1) is 38.2. The Hall–Kier alpha value is -9.96. The van der Waals surface area contributed by atoms with Crippen LogP contribution in [0.3, 0.4) is 0 Å². The van der Waals surface area contributed by atoms with Crippen LogP contribution in [0.1, 0.15) is 44.5 Å². The number of H-pyrrole nitrogens is 1. The molecule has 1 atom stereocenters. The van der Waals surface area contributed by atoms with E-state index < -0.39 is 10.8 Å². The average molecular weight is 978 g/mol. The van der Waals surface area contributed by atoms with E-state index in [4.69, 9.17) is 0 Å². The van der Waals surface area contributed by atoms with E-state index in [1.807, 2.05) is 0 Å². The molecule has 0 bridgehead atoms. The van der Waals surface area contributed by atoms with Crippen molar-refractivity contribution in [1.82, 2.24) is 9.55 Å². The second-order valence-electron chi connectivity index (χ2n) is 21.1. The maximum atomic E-state index is 3.69. The lowest BCUT2D eigenvalue weighted by Crippen LogP contribution is -2.33. The molecule has 3 nitrogen and oxygen atoms in total. The summed E-state index contributed by atoms with van der Waals surface area (Å²) in [5.41, 5.74) is 25.8. The Balaban J connectivity index is 0.973. The molecule has 358 valence electrons. The minimum Gasteiger partial charge on any atom is -0.354 e. The van der Waals surface area contributed by atoms with Gasteiger partial charge in [-0.25, -0.2) is 0 Å². The van der Waals surface area contributed by atoms with Crippen LogP contribution in [0.2, 0.25) is 0 Å². The minimum absolute atomic E-state index is 0.573. The molecule has 3 aliphatic rings. The Morgan fingerprint density at radius 3 is 1.53 bits per heavy atom. The van der Waals surface area contributed by atoms with Crippen LogP contribution < -0.4 is 4.90 Å². The highest BCUT2D eigenvalue weighted by Gasteiger charge is 2.52. The molecule has 17 rings (SSSR count). The third-order valence-corrected chi connectivity index (χ3v) is 17.6. The van der Waals surface area contributed by atoms with Crippen molar-refractivity contribution in [2.45, 2.75) is 10.8 Å². The van der Waals surface area contributed by atoms with Gasteiger partial charge in [-0.15, -0.1) is 0 Å². The molecule has 2 aromatic heterocycles. The number of anilines is 3. The predicted octanol–water partition coefficient (Wildman–Crippen LogP) is 18.6. The standard InChI is InChI=1S/C74H47N3/c1-3-21-48(22-4-1)73(49-23-5-2-6-24-49)57-31-11-7-26-54(57)70-60(73)34-19-41-67(70)76(50-45-43-47(44-46-50)51-29-18-38-64-69(51)56-28-9-14-37-63(56)75-64)68-42-20-35-61-71(68)55-27-8-12-32-58(55)74(61)59-33-13-16-40-66(59)77-65-39-15-10-25-52(65)53-30-17-36-62(74)72(53)77/h1-46,75H. The Labute approximate surface area is 446 Å². The van der Waals surface area contributed by atoms with Gasteiger partial charge in [-0.05, 0) is 115 Å². The quantitative estimate of drug-likeness (QED) is 0.176. The van der Waals surface area contributed by atoms with Crippen LogP contribution in [0.15, 0.2) is 279 Å². The van der Waals surface area contributed by atoms with Gasteiger partial charge in [0.2, 0.25) is 0 Å². The fraction of sp³-hybridized carbons (Fsp3) is 0.0270. The molecule has 12 aromatic carbocycles. The second kappa shape index (κ2) is 15.8. The van der Waals surface area contributed by atoms with Gasteiger partial charge in [0.1, 0.15) is 0 Å². The SMILES string of the molecule is c1ccc(C2(c3ccccc3)c3ccccc3-c3c(N(c4ccc(-c5cccc6[nH]c7ccccc7c56)cc4)c4cccc5c4-c4ccccc4C54c5ccccc5-n5c6ccccc6c6cccc4c65)cccc32)cc1. The van der Waals surface area contributed by atoms with E-state index >= 15 is 0 Å². The molecule has 0 saturated heterocycles. The van der Waals surface area contributed by atoms with Crippen molar-refractivity contribution in [3.63, 3.8) is 0 Å². The molecule has 1 N–H and O–H groups in total. The third-order valence-electron chi connectivity index (χ3n) is 17.6. The Morgan fingerprint density at radius 1 is 0.325 bits per heavy atom. The highest BCUT2D eigenvalue weighted by molar-refractivity contribution is 6.15. The monoisotopic (exact) mass is 977 g/mol. The van der Waals surface area contributed by atoms with Crippen LogP contribution in [0.25, 0.3) is 82.7 Å². The van der Waals surface area contributed by atoms with E-state index in [9.17, 15) is 0 Å². The molecule has 0 saturated carbocycles. The number of nitrogens with one attached hydrogen (secondary N) is 1. The Morgan fingerprint density at radius 2 is 0.818 bits per heavy atom. The predicted molar refractivity (Wildman–Crippen MR) is 318 cm³/mol. The van der Waals surface area contributed by atoms with Crippen molar-refractivity contribution in [1.29, 1.82) is 0 Å². The summed E-state index contributed by atoms with van der Waals surface area (Å²) >= 11 is 0. The van der Waals surface area contributed by atoms with Crippen molar-refractivity contribution in [3.8, 4) is 39.1 Å². The largest absolute Gasteiger partial charge is 0.354 e. The van der Waals surface area contributed by atoms with E-state index in [-0.39, 0.29) is 0 Å². The van der Waals surface area contributed by atoms with Gasteiger partial charge in [0, 0.05) is 49.4 Å². The molecule has 2 aliphatic carbocycles. The zero-order valence-corrected chi connectivity index (χ0v) is 42.0. The second-order valence-corrected chi connectivity index (χ2v) is 21.1. The molecule has 0 fully saturated rings. The summed E-state index contributed by atoms with van der Waals surface area (Å²) in [6.07, 6.45) is 0. The maximum Gasteiger partial charge on any atom is 0.0755 e. The lowest BCUT2D eigenvalue weighted by atomic mass is 9.65. The van der Waals surface area contributed by atoms with E-state index in [1.165, 1.54) is 116 Å². The summed E-state index contributed by atoms with van der Waals surface area (Å²) in [7, 11) is 0. The topological polar surface area (TPSA) is 24.0 Å². The summed E-state index contributed by atoms with van der Waals surface area (Å²) < 4.78 is 2.53. The van der Waals surface area contributed by atoms with Crippen LogP contribution in [0, 0.1) is 0 Å². The first-order valence-corrected chi connectivity index (χ1v) is 26.8. The maximum absolute atomic E-state index is 3.69. The molecule has 1 aliphatic heterocycles. The van der Waals surface area contributed by atoms with Gasteiger partial charge in [0.05, 0.1) is 38.9 Å². The summed E-state index contributed by atoms with van der Waals surface area (Å²) in [5, 5.41) is 5.02. The van der Waals surface area contributed by atoms with Crippen molar-refractivity contribution in [2.24, 2.45) is 0 Å². The van der Waals surface area contributed by atoms with Gasteiger partial charge in [0.15, 0.2) is 0 Å². The van der Waals surface area contributed by atoms with Gasteiger partial charge in [0.25, 0.3) is 0 Å². The Kier molecular flexibility index (Phi) is 8.69. The van der Waals surface area contributed by atoms with Gasteiger partial charge in [-0.2, -0.15) is 0 Å². The van der Waals surface area contributed by atoms with E-state index in [0.29, 0.717) is 0 Å². The van der Waals surface area contributed by atoms with E-state index in [0.717, 1.165) is 28.1 Å². The van der Waals surface area contributed by atoms with Gasteiger partial charge in [-0.3, -0.25) is 0 Å². The molecule has 1 spiro atoms. The minimum atomic E-state index is -0.614. The molecule has 0 amide bonds. The fourth-order valence-corrected chi connectivity index (χ4v) is 14.8. The first kappa shape index (κ1) is 42.4. The van der Waals surface area contributed by atoms with Crippen LogP contribution in [0.5, 0.6) is 0 Å². The van der Waals surface area contributed by atoms with Crippen LogP contribution in [-0.4, -0.2) is 9.55 Å². The molecule has 77 heavy (non-hydrogen) atoms. The number of nitrogens with zero attached hydrogens (tertiary/aromatic N) is 2. The van der Waals surface area contributed by atoms with Gasteiger partial charge < -0.3 is 14.5 Å². The van der Waals surface area contributed by atoms with Crippen molar-refractivity contribution in [2.75, 3.05) is 4.90 Å². The molecule has 3 heterocycles. The molecule has 14 aromatic rings. The number of aromatic nitrogens is 2. The van der Waals surface area contributed by atoms with Crippen LogP contribution in [0.4, 0.5) is 17.1 Å². The number of fused-ring (bicyclic) bond motifs is 18. The number of hydrogen-bond acceptors (Lipinski definition) is 1. The molecular formula is C74H47N3. The van der Waals surface area contributed by atoms with Crippen LogP contribution in [-0.2, 0) is 10.8 Å². The van der Waals surface area contributed by atoms with Crippen molar-refractivity contribution in [3.05, 3.63) is 324 Å². The highest BCUT2D eigenvalue weighted by Crippen LogP contribution is 2.65. The Bertz CT molecular complexity index is 4710. The molecule has 0 radical (unpaired) electrons. The molecule has 3 heteroatoms. The summed E-state index contributed by atoms with van der Waals surface area (Å²) in [6.45, 7) is 0. The highest BCUT2D eigenvalue weighted by atomic mass is 15.2. The zero-order chi connectivity index (χ0) is 50.4. The van der Waals surface area contributed by atoms with Crippen LogP contribution >= 0.6 is 0 Å². The number of benzene rings is 12. The normalized spacial score (nSPS) is 15.2. The number of aromatic amines is 1. The van der Waals surface area contributed by atoms with E-state index in [2.05, 4.69) is 294 Å². The number of hydrogen-bond donors (Lipinski definition) is 1. The summed E-state index contributed by atoms with van der Waals surface area (Å²) in [4.78, 5) is 6.29. The first-order valence-electron chi connectivity index (χ1n) is 26.8. The lowest BCUT2D eigenvalue weighted by Gasteiger charge is -2.39. The molecular weight excluding hydrogens is 931 g/mol. The van der Waals surface area contributed by atoms with E-state index in [1.54, 1.807) is 0 Å². The number of rotatable bonds is 6. The third kappa shape index (κ3) is 5.44. The molecule has 1 unspecified atom stereocenters. The smallest absolute Gasteiger partial charge is 0.0755 e.